The zero-order valence-corrected chi connectivity index (χ0v) is 20.0. The number of rotatable bonds is 7. The number of hydrogen-bond acceptors (Lipinski definition) is 4. The standard InChI is InChI=1S/C27H22BrN3O3/c1-18(19-12-14-22(15-13-19)29-26(32)23-16-17-24(28)34-23)30-31-27(33)25(20-8-4-2-5-9-20)21-10-6-3-7-11-21/h2-17,25H,1H3,(H,29,32)(H,31,33)/b30-18-. The lowest BCUT2D eigenvalue weighted by atomic mass is 9.91. The predicted molar refractivity (Wildman–Crippen MR) is 136 cm³/mol. The molecule has 0 unspecified atom stereocenters. The molecule has 0 spiro atoms. The molecule has 3 aromatic carbocycles. The quantitative estimate of drug-likeness (QED) is 0.235. The van der Waals surface area contributed by atoms with Crippen LogP contribution in [0.5, 0.6) is 0 Å². The van der Waals surface area contributed by atoms with Crippen molar-refractivity contribution < 1.29 is 14.0 Å². The van der Waals surface area contributed by atoms with Crippen LogP contribution >= 0.6 is 15.9 Å². The molecular formula is C27H22BrN3O3. The maximum atomic E-state index is 13.1. The molecular weight excluding hydrogens is 494 g/mol. The summed E-state index contributed by atoms with van der Waals surface area (Å²) in [5.74, 6) is -0.824. The van der Waals surface area contributed by atoms with Crippen molar-refractivity contribution >= 4 is 39.1 Å². The van der Waals surface area contributed by atoms with Crippen LogP contribution in [0.2, 0.25) is 0 Å². The number of nitrogens with one attached hydrogen (secondary N) is 2. The molecule has 0 aliphatic rings. The van der Waals surface area contributed by atoms with E-state index < -0.39 is 5.92 Å². The minimum Gasteiger partial charge on any atom is -0.444 e. The van der Waals surface area contributed by atoms with Gasteiger partial charge in [0.05, 0.1) is 11.6 Å². The number of hydrazone groups is 1. The number of hydrogen-bond donors (Lipinski definition) is 2. The van der Waals surface area contributed by atoms with Crippen LogP contribution in [0.15, 0.2) is 111 Å². The fourth-order valence-corrected chi connectivity index (χ4v) is 3.78. The number of halogens is 1. The lowest BCUT2D eigenvalue weighted by Crippen LogP contribution is -2.27. The van der Waals surface area contributed by atoms with Crippen molar-refractivity contribution in [3.8, 4) is 0 Å². The van der Waals surface area contributed by atoms with Crippen molar-refractivity contribution in [2.24, 2.45) is 5.10 Å². The van der Waals surface area contributed by atoms with Crippen LogP contribution in [0.3, 0.4) is 0 Å². The number of carbonyl (C=O) groups excluding carboxylic acids is 2. The van der Waals surface area contributed by atoms with Crippen LogP contribution < -0.4 is 10.7 Å². The number of amides is 2. The Hall–Kier alpha value is -3.97. The van der Waals surface area contributed by atoms with Gasteiger partial charge in [-0.15, -0.1) is 0 Å². The highest BCUT2D eigenvalue weighted by atomic mass is 79.9. The first-order chi connectivity index (χ1) is 16.5. The van der Waals surface area contributed by atoms with Gasteiger partial charge in [0, 0.05) is 5.69 Å². The van der Waals surface area contributed by atoms with Gasteiger partial charge in [-0.2, -0.15) is 5.10 Å². The third-order valence-electron chi connectivity index (χ3n) is 5.22. The first-order valence-electron chi connectivity index (χ1n) is 10.6. The van der Waals surface area contributed by atoms with Crippen LogP contribution in [0.1, 0.15) is 40.1 Å². The van der Waals surface area contributed by atoms with Gasteiger partial charge >= 0.3 is 0 Å². The second-order valence-corrected chi connectivity index (χ2v) is 8.34. The molecule has 0 aliphatic carbocycles. The van der Waals surface area contributed by atoms with Gasteiger partial charge in [0.2, 0.25) is 0 Å². The lowest BCUT2D eigenvalue weighted by Gasteiger charge is -2.16. The molecule has 1 heterocycles. The first-order valence-corrected chi connectivity index (χ1v) is 11.4. The average molecular weight is 516 g/mol. The van der Waals surface area contributed by atoms with Crippen molar-refractivity contribution in [2.45, 2.75) is 12.8 Å². The van der Waals surface area contributed by atoms with E-state index in [9.17, 15) is 9.59 Å². The van der Waals surface area contributed by atoms with E-state index in [1.165, 1.54) is 0 Å². The fourth-order valence-electron chi connectivity index (χ4n) is 3.48. The van der Waals surface area contributed by atoms with Crippen LogP contribution in [-0.4, -0.2) is 17.5 Å². The minimum atomic E-state index is -0.474. The lowest BCUT2D eigenvalue weighted by molar-refractivity contribution is -0.121. The third-order valence-corrected chi connectivity index (χ3v) is 5.65. The summed E-state index contributed by atoms with van der Waals surface area (Å²) in [5.41, 5.74) is 6.57. The summed E-state index contributed by atoms with van der Waals surface area (Å²) in [6.45, 7) is 1.81. The number of anilines is 1. The molecule has 4 rings (SSSR count). The largest absolute Gasteiger partial charge is 0.444 e. The van der Waals surface area contributed by atoms with Crippen molar-refractivity contribution in [1.29, 1.82) is 0 Å². The second-order valence-electron chi connectivity index (χ2n) is 7.56. The fraction of sp³-hybridized carbons (Fsp3) is 0.0741. The van der Waals surface area contributed by atoms with Crippen molar-refractivity contribution in [2.75, 3.05) is 5.32 Å². The molecule has 34 heavy (non-hydrogen) atoms. The smallest absolute Gasteiger partial charge is 0.291 e. The van der Waals surface area contributed by atoms with Gasteiger partial charge in [0.25, 0.3) is 11.8 Å². The molecule has 7 heteroatoms. The minimum absolute atomic E-state index is 0.211. The number of furan rings is 1. The van der Waals surface area contributed by atoms with Gasteiger partial charge < -0.3 is 9.73 Å². The molecule has 4 aromatic rings. The molecule has 2 amide bonds. The molecule has 0 radical (unpaired) electrons. The van der Waals surface area contributed by atoms with Crippen molar-refractivity contribution in [1.82, 2.24) is 5.43 Å². The number of nitrogens with zero attached hydrogens (tertiary/aromatic N) is 1. The summed E-state index contributed by atoms with van der Waals surface area (Å²) >= 11 is 3.18. The van der Waals surface area contributed by atoms with Gasteiger partial charge in [-0.25, -0.2) is 5.43 Å². The van der Waals surface area contributed by atoms with E-state index in [0.717, 1.165) is 16.7 Å². The van der Waals surface area contributed by atoms with E-state index in [2.05, 4.69) is 31.8 Å². The van der Waals surface area contributed by atoms with Gasteiger partial charge in [-0.05, 0) is 63.8 Å². The molecule has 6 nitrogen and oxygen atoms in total. The Labute approximate surface area is 205 Å². The van der Waals surface area contributed by atoms with E-state index in [0.29, 0.717) is 16.1 Å². The summed E-state index contributed by atoms with van der Waals surface area (Å²) in [6, 6.07) is 29.7. The Morgan fingerprint density at radius 1 is 0.824 bits per heavy atom. The van der Waals surface area contributed by atoms with E-state index in [1.54, 1.807) is 24.3 Å². The molecule has 0 saturated heterocycles. The Kier molecular flexibility index (Phi) is 7.34. The van der Waals surface area contributed by atoms with Crippen LogP contribution in [0.4, 0.5) is 5.69 Å². The molecule has 0 atom stereocenters. The molecule has 0 fully saturated rings. The van der Waals surface area contributed by atoms with Crippen LogP contribution in [-0.2, 0) is 4.79 Å². The zero-order valence-electron chi connectivity index (χ0n) is 18.4. The van der Waals surface area contributed by atoms with E-state index in [-0.39, 0.29) is 17.6 Å². The molecule has 0 saturated carbocycles. The van der Waals surface area contributed by atoms with Crippen LogP contribution in [0, 0.1) is 0 Å². The predicted octanol–water partition coefficient (Wildman–Crippen LogP) is 5.97. The Morgan fingerprint density at radius 3 is 1.94 bits per heavy atom. The highest BCUT2D eigenvalue weighted by Crippen LogP contribution is 2.25. The van der Waals surface area contributed by atoms with Gasteiger partial charge in [0.15, 0.2) is 10.4 Å². The summed E-state index contributed by atoms with van der Waals surface area (Å²) in [7, 11) is 0. The highest BCUT2D eigenvalue weighted by molar-refractivity contribution is 9.10. The topological polar surface area (TPSA) is 83.7 Å². The van der Waals surface area contributed by atoms with Crippen molar-refractivity contribution in [3.05, 3.63) is 124 Å². The highest BCUT2D eigenvalue weighted by Gasteiger charge is 2.22. The Balaban J connectivity index is 1.45. The summed E-state index contributed by atoms with van der Waals surface area (Å²) in [4.78, 5) is 25.3. The molecule has 2 N–H and O–H groups in total. The van der Waals surface area contributed by atoms with E-state index in [1.807, 2.05) is 79.7 Å². The monoisotopic (exact) mass is 515 g/mol. The molecule has 170 valence electrons. The number of carbonyl (C=O) groups is 2. The Bertz CT molecular complexity index is 1260. The van der Waals surface area contributed by atoms with Gasteiger partial charge in [-0.3, -0.25) is 9.59 Å². The summed E-state index contributed by atoms with van der Waals surface area (Å²) in [6.07, 6.45) is 0. The Morgan fingerprint density at radius 2 is 1.41 bits per heavy atom. The average Bonchev–Trinajstić information content (AvgIpc) is 3.31. The maximum Gasteiger partial charge on any atom is 0.291 e. The molecule has 1 aromatic heterocycles. The molecule has 0 bridgehead atoms. The van der Waals surface area contributed by atoms with Gasteiger partial charge in [0.1, 0.15) is 0 Å². The SMILES string of the molecule is C/C(=N/NC(=O)C(c1ccccc1)c1ccccc1)c1ccc(NC(=O)c2ccc(Br)o2)cc1. The summed E-state index contributed by atoms with van der Waals surface area (Å²) < 4.78 is 5.75. The zero-order chi connectivity index (χ0) is 23.9. The maximum absolute atomic E-state index is 13.1. The van der Waals surface area contributed by atoms with E-state index in [4.69, 9.17) is 4.42 Å². The first kappa shape index (κ1) is 23.2. The normalized spacial score (nSPS) is 11.3. The number of benzene rings is 3. The van der Waals surface area contributed by atoms with Gasteiger partial charge in [-0.1, -0.05) is 72.8 Å². The third kappa shape index (κ3) is 5.68. The molecule has 0 aliphatic heterocycles. The van der Waals surface area contributed by atoms with Crippen molar-refractivity contribution in [3.63, 3.8) is 0 Å². The summed E-state index contributed by atoms with van der Waals surface area (Å²) in [5, 5.41) is 7.09. The van der Waals surface area contributed by atoms with Crippen LogP contribution in [0.25, 0.3) is 0 Å². The van der Waals surface area contributed by atoms with E-state index >= 15 is 0 Å². The second kappa shape index (κ2) is 10.8.